The zero-order valence-electron chi connectivity index (χ0n) is 14.6. The van der Waals surface area contributed by atoms with Gasteiger partial charge in [-0.1, -0.05) is 24.3 Å². The number of nitrogens with zero attached hydrogens (tertiary/aromatic N) is 1. The predicted octanol–water partition coefficient (Wildman–Crippen LogP) is 1.80. The summed E-state index contributed by atoms with van der Waals surface area (Å²) in [6, 6.07) is 8.09. The van der Waals surface area contributed by atoms with Crippen molar-refractivity contribution in [1.29, 1.82) is 0 Å². The van der Waals surface area contributed by atoms with E-state index in [-0.39, 0.29) is 23.8 Å². The van der Waals surface area contributed by atoms with Crippen molar-refractivity contribution in [2.24, 2.45) is 23.5 Å². The Morgan fingerprint density at radius 2 is 1.96 bits per heavy atom. The minimum absolute atomic E-state index is 0.0222. The first kappa shape index (κ1) is 16.6. The molecular weight excluding hydrogens is 314 g/mol. The number of fused-ring (bicyclic) bond motifs is 2. The Morgan fingerprint density at radius 1 is 1.20 bits per heavy atom. The number of rotatable bonds is 5. The van der Waals surface area contributed by atoms with Crippen LogP contribution in [-0.2, 0) is 22.7 Å². The van der Waals surface area contributed by atoms with E-state index in [4.69, 9.17) is 5.73 Å². The van der Waals surface area contributed by atoms with Gasteiger partial charge in [-0.05, 0) is 48.6 Å². The highest BCUT2D eigenvalue weighted by Gasteiger charge is 2.48. The zero-order chi connectivity index (χ0) is 17.4. The molecule has 4 atom stereocenters. The lowest BCUT2D eigenvalue weighted by Gasteiger charge is -2.27. The molecule has 1 aromatic rings. The van der Waals surface area contributed by atoms with E-state index in [1.165, 1.54) is 6.42 Å². The minimum Gasteiger partial charge on any atom is -0.352 e. The molecule has 3 N–H and O–H groups in total. The maximum absolute atomic E-state index is 12.7. The summed E-state index contributed by atoms with van der Waals surface area (Å²) in [7, 11) is 0. The molecule has 1 aliphatic heterocycles. The Morgan fingerprint density at radius 3 is 2.64 bits per heavy atom. The number of carbonyl (C=O) groups excluding carboxylic acids is 2. The summed E-state index contributed by atoms with van der Waals surface area (Å²) in [6.07, 6.45) is 5.04. The first-order valence-corrected chi connectivity index (χ1v) is 9.51. The van der Waals surface area contributed by atoms with E-state index in [1.54, 1.807) is 0 Å². The largest absolute Gasteiger partial charge is 0.352 e. The predicted molar refractivity (Wildman–Crippen MR) is 95.2 cm³/mol. The summed E-state index contributed by atoms with van der Waals surface area (Å²) in [5.74, 6) is 1.32. The summed E-state index contributed by atoms with van der Waals surface area (Å²) in [4.78, 5) is 26.5. The van der Waals surface area contributed by atoms with Gasteiger partial charge in [-0.3, -0.25) is 9.59 Å². The highest BCUT2D eigenvalue weighted by molar-refractivity contribution is 5.80. The fraction of sp³-hybridized carbons (Fsp3) is 0.600. The van der Waals surface area contributed by atoms with Crippen LogP contribution in [0.25, 0.3) is 0 Å². The van der Waals surface area contributed by atoms with Crippen LogP contribution in [0.4, 0.5) is 0 Å². The molecule has 134 valence electrons. The van der Waals surface area contributed by atoms with Crippen molar-refractivity contribution in [1.82, 2.24) is 10.2 Å². The standard InChI is InChI=1S/C20H27N3O2/c21-19-14-8-7-13(10-14)18(19)20(25)22-11-15-4-1-2-5-16(15)12-23-9-3-6-17(23)24/h1-2,4-5,13-14,18-19H,3,6-12,21H2,(H,22,25). The number of nitrogens with one attached hydrogen (secondary N) is 1. The molecule has 5 nitrogen and oxygen atoms in total. The first-order valence-electron chi connectivity index (χ1n) is 9.51. The van der Waals surface area contributed by atoms with Crippen LogP contribution in [0.1, 0.15) is 43.2 Å². The molecule has 0 radical (unpaired) electrons. The second kappa shape index (κ2) is 6.79. The van der Waals surface area contributed by atoms with Gasteiger partial charge in [-0.2, -0.15) is 0 Å². The smallest absolute Gasteiger partial charge is 0.225 e. The van der Waals surface area contributed by atoms with Crippen LogP contribution < -0.4 is 11.1 Å². The van der Waals surface area contributed by atoms with Gasteiger partial charge in [0, 0.05) is 32.1 Å². The molecule has 1 saturated heterocycles. The zero-order valence-corrected chi connectivity index (χ0v) is 14.6. The van der Waals surface area contributed by atoms with Crippen LogP contribution in [0.3, 0.4) is 0 Å². The van der Waals surface area contributed by atoms with E-state index in [9.17, 15) is 9.59 Å². The van der Waals surface area contributed by atoms with Crippen LogP contribution >= 0.6 is 0 Å². The number of nitrogens with two attached hydrogens (primary N) is 1. The molecule has 2 bridgehead atoms. The second-order valence-corrected chi connectivity index (χ2v) is 7.84. The fourth-order valence-corrected chi connectivity index (χ4v) is 4.99. The summed E-state index contributed by atoms with van der Waals surface area (Å²) < 4.78 is 0. The van der Waals surface area contributed by atoms with Crippen LogP contribution in [0.5, 0.6) is 0 Å². The Balaban J connectivity index is 1.39. The van der Waals surface area contributed by atoms with Gasteiger partial charge in [0.15, 0.2) is 0 Å². The summed E-state index contributed by atoms with van der Waals surface area (Å²) >= 11 is 0. The SMILES string of the molecule is NC1C2CCC(C2)C1C(=O)NCc1ccccc1CN1CCCC1=O. The van der Waals surface area contributed by atoms with Gasteiger partial charge in [-0.25, -0.2) is 0 Å². The molecule has 25 heavy (non-hydrogen) atoms. The van der Waals surface area contributed by atoms with E-state index >= 15 is 0 Å². The molecule has 0 aromatic heterocycles. The highest BCUT2D eigenvalue weighted by atomic mass is 16.2. The molecule has 3 aliphatic rings. The lowest BCUT2D eigenvalue weighted by Crippen LogP contribution is -2.45. The molecule has 2 aliphatic carbocycles. The van der Waals surface area contributed by atoms with Crippen molar-refractivity contribution in [3.05, 3.63) is 35.4 Å². The molecule has 1 heterocycles. The van der Waals surface area contributed by atoms with Crippen molar-refractivity contribution in [2.45, 2.75) is 51.2 Å². The number of likely N-dealkylation sites (tertiary alicyclic amines) is 1. The molecule has 0 spiro atoms. The third kappa shape index (κ3) is 3.17. The average molecular weight is 341 g/mol. The van der Waals surface area contributed by atoms with Crippen LogP contribution in [-0.4, -0.2) is 29.3 Å². The van der Waals surface area contributed by atoms with Crippen molar-refractivity contribution >= 4 is 11.8 Å². The lowest BCUT2D eigenvalue weighted by molar-refractivity contribution is -0.128. The molecule has 4 rings (SSSR count). The van der Waals surface area contributed by atoms with E-state index < -0.39 is 0 Å². The number of hydrogen-bond donors (Lipinski definition) is 2. The first-order chi connectivity index (χ1) is 12.1. The summed E-state index contributed by atoms with van der Waals surface area (Å²) in [5, 5.41) is 3.11. The van der Waals surface area contributed by atoms with E-state index in [0.29, 0.717) is 31.3 Å². The fourth-order valence-electron chi connectivity index (χ4n) is 4.99. The van der Waals surface area contributed by atoms with E-state index in [1.807, 2.05) is 23.1 Å². The number of carbonyl (C=O) groups is 2. The van der Waals surface area contributed by atoms with Crippen molar-refractivity contribution < 1.29 is 9.59 Å². The Bertz CT molecular complexity index is 673. The summed E-state index contributed by atoms with van der Waals surface area (Å²) in [5.41, 5.74) is 8.49. The number of benzene rings is 1. The molecule has 2 amide bonds. The Kier molecular flexibility index (Phi) is 4.50. The van der Waals surface area contributed by atoms with Gasteiger partial charge >= 0.3 is 0 Å². The number of hydrogen-bond acceptors (Lipinski definition) is 3. The minimum atomic E-state index is -0.0222. The summed E-state index contributed by atoms with van der Waals surface area (Å²) in [6.45, 7) is 1.98. The third-order valence-electron chi connectivity index (χ3n) is 6.39. The maximum atomic E-state index is 12.7. The van der Waals surface area contributed by atoms with Crippen LogP contribution in [0, 0.1) is 17.8 Å². The van der Waals surface area contributed by atoms with E-state index in [0.717, 1.165) is 36.9 Å². The van der Waals surface area contributed by atoms with Crippen molar-refractivity contribution in [3.63, 3.8) is 0 Å². The van der Waals surface area contributed by atoms with Gasteiger partial charge in [0.05, 0.1) is 5.92 Å². The highest BCUT2D eigenvalue weighted by Crippen LogP contribution is 2.47. The Hall–Kier alpha value is -1.88. The van der Waals surface area contributed by atoms with Gasteiger partial charge in [0.2, 0.25) is 11.8 Å². The Labute approximate surface area is 148 Å². The quantitative estimate of drug-likeness (QED) is 0.857. The van der Waals surface area contributed by atoms with Gasteiger partial charge in [0.25, 0.3) is 0 Å². The molecule has 5 heteroatoms. The second-order valence-electron chi connectivity index (χ2n) is 7.84. The number of amides is 2. The molecule has 2 saturated carbocycles. The van der Waals surface area contributed by atoms with Gasteiger partial charge < -0.3 is 16.0 Å². The molecule has 3 fully saturated rings. The van der Waals surface area contributed by atoms with Crippen LogP contribution in [0.2, 0.25) is 0 Å². The topological polar surface area (TPSA) is 75.4 Å². The van der Waals surface area contributed by atoms with Crippen molar-refractivity contribution in [3.8, 4) is 0 Å². The third-order valence-corrected chi connectivity index (χ3v) is 6.39. The lowest BCUT2D eigenvalue weighted by atomic mass is 9.84. The van der Waals surface area contributed by atoms with Crippen LogP contribution in [0.15, 0.2) is 24.3 Å². The molecule has 1 aromatic carbocycles. The van der Waals surface area contributed by atoms with Gasteiger partial charge in [0.1, 0.15) is 0 Å². The van der Waals surface area contributed by atoms with Gasteiger partial charge in [-0.15, -0.1) is 0 Å². The normalized spacial score (nSPS) is 30.9. The molecular formula is C20H27N3O2. The maximum Gasteiger partial charge on any atom is 0.225 e. The monoisotopic (exact) mass is 341 g/mol. The van der Waals surface area contributed by atoms with E-state index in [2.05, 4.69) is 11.4 Å². The molecule has 4 unspecified atom stereocenters. The van der Waals surface area contributed by atoms with Crippen molar-refractivity contribution in [2.75, 3.05) is 6.54 Å². The average Bonchev–Trinajstić information content (AvgIpc) is 3.31.